The first-order valence-electron chi connectivity index (χ1n) is 9.68. The minimum atomic E-state index is -0.360. The Bertz CT molecular complexity index is 691. The maximum atomic E-state index is 13.0. The predicted molar refractivity (Wildman–Crippen MR) is 106 cm³/mol. The van der Waals surface area contributed by atoms with Crippen molar-refractivity contribution in [2.75, 3.05) is 0 Å². The highest BCUT2D eigenvalue weighted by atomic mass is 16.5. The highest BCUT2D eigenvalue weighted by Crippen LogP contribution is 2.45. The molecule has 1 aromatic carbocycles. The molecule has 2 aliphatic rings. The van der Waals surface area contributed by atoms with Gasteiger partial charge < -0.3 is 9.64 Å². The first-order valence-corrected chi connectivity index (χ1v) is 9.68. The minimum absolute atomic E-state index is 0.0187. The summed E-state index contributed by atoms with van der Waals surface area (Å²) >= 11 is 0. The molecule has 26 heavy (non-hydrogen) atoms. The van der Waals surface area contributed by atoms with Crippen molar-refractivity contribution in [1.82, 2.24) is 4.90 Å². The molecule has 0 aromatic heterocycles. The third-order valence-electron chi connectivity index (χ3n) is 5.99. The summed E-state index contributed by atoms with van der Waals surface area (Å²) in [7, 11) is 0. The summed E-state index contributed by atoms with van der Waals surface area (Å²) in [6.45, 7) is 12.4. The molecular weight excluding hydrogens is 322 g/mol. The van der Waals surface area contributed by atoms with E-state index in [9.17, 15) is 4.79 Å². The molecule has 1 aliphatic heterocycles. The molecule has 1 aromatic rings. The fraction of sp³-hybridized carbons (Fsp3) is 0.522. The SMILES string of the molecule is C=C(C)C(=O)N1C(/C=C/c2ccccc2)OC2CC(C)CCC2C1(C)C. The summed E-state index contributed by atoms with van der Waals surface area (Å²) in [6, 6.07) is 10.1. The summed E-state index contributed by atoms with van der Waals surface area (Å²) in [6.07, 6.45) is 7.29. The van der Waals surface area contributed by atoms with Crippen molar-refractivity contribution in [3.05, 3.63) is 54.1 Å². The third kappa shape index (κ3) is 3.64. The first kappa shape index (κ1) is 18.9. The number of hydrogen-bond donors (Lipinski definition) is 0. The largest absolute Gasteiger partial charge is 0.351 e. The normalized spacial score (nSPS) is 30.8. The number of benzene rings is 1. The third-order valence-corrected chi connectivity index (χ3v) is 5.99. The summed E-state index contributed by atoms with van der Waals surface area (Å²) in [5, 5.41) is 0. The maximum absolute atomic E-state index is 13.0. The van der Waals surface area contributed by atoms with E-state index >= 15 is 0 Å². The number of amides is 1. The van der Waals surface area contributed by atoms with Gasteiger partial charge in [-0.1, -0.05) is 56.3 Å². The van der Waals surface area contributed by atoms with Gasteiger partial charge in [-0.2, -0.15) is 0 Å². The van der Waals surface area contributed by atoms with Crippen LogP contribution in [0.4, 0.5) is 0 Å². The molecule has 1 heterocycles. The fourth-order valence-corrected chi connectivity index (χ4v) is 4.51. The topological polar surface area (TPSA) is 29.5 Å². The van der Waals surface area contributed by atoms with E-state index in [4.69, 9.17) is 4.74 Å². The zero-order chi connectivity index (χ0) is 18.9. The van der Waals surface area contributed by atoms with Crippen molar-refractivity contribution < 1.29 is 9.53 Å². The quantitative estimate of drug-likeness (QED) is 0.712. The van der Waals surface area contributed by atoms with Crippen LogP contribution >= 0.6 is 0 Å². The first-order chi connectivity index (χ1) is 12.3. The minimum Gasteiger partial charge on any atom is -0.351 e. The lowest BCUT2D eigenvalue weighted by atomic mass is 9.69. The Balaban J connectivity index is 1.94. The highest BCUT2D eigenvalue weighted by Gasteiger charge is 2.51. The average Bonchev–Trinajstić information content (AvgIpc) is 2.59. The lowest BCUT2D eigenvalue weighted by molar-refractivity contribution is -0.213. The van der Waals surface area contributed by atoms with E-state index in [0.717, 1.165) is 18.4 Å². The highest BCUT2D eigenvalue weighted by molar-refractivity contribution is 5.93. The van der Waals surface area contributed by atoms with Gasteiger partial charge in [-0.15, -0.1) is 0 Å². The molecule has 3 heteroatoms. The van der Waals surface area contributed by atoms with Crippen LogP contribution in [0.2, 0.25) is 0 Å². The molecule has 4 unspecified atom stereocenters. The Labute approximate surface area is 157 Å². The van der Waals surface area contributed by atoms with Crippen molar-refractivity contribution in [2.24, 2.45) is 11.8 Å². The Kier molecular flexibility index (Phi) is 5.38. The number of carbonyl (C=O) groups is 1. The van der Waals surface area contributed by atoms with Crippen LogP contribution in [-0.2, 0) is 9.53 Å². The summed E-state index contributed by atoms with van der Waals surface area (Å²) < 4.78 is 6.48. The van der Waals surface area contributed by atoms with E-state index in [1.54, 1.807) is 6.92 Å². The van der Waals surface area contributed by atoms with Crippen LogP contribution < -0.4 is 0 Å². The zero-order valence-electron chi connectivity index (χ0n) is 16.4. The van der Waals surface area contributed by atoms with Gasteiger partial charge in [0.1, 0.15) is 0 Å². The maximum Gasteiger partial charge on any atom is 0.251 e. The van der Waals surface area contributed by atoms with Gasteiger partial charge in [-0.05, 0) is 51.2 Å². The molecule has 3 rings (SSSR count). The van der Waals surface area contributed by atoms with Crippen molar-refractivity contribution in [3.63, 3.8) is 0 Å². The van der Waals surface area contributed by atoms with Crippen LogP contribution in [-0.4, -0.2) is 28.7 Å². The van der Waals surface area contributed by atoms with E-state index in [1.165, 1.54) is 6.42 Å². The molecule has 3 nitrogen and oxygen atoms in total. The molecule has 0 bridgehead atoms. The lowest BCUT2D eigenvalue weighted by Gasteiger charge is -2.56. The number of fused-ring (bicyclic) bond motifs is 1. The van der Waals surface area contributed by atoms with Crippen molar-refractivity contribution in [2.45, 2.75) is 64.8 Å². The van der Waals surface area contributed by atoms with E-state index in [0.29, 0.717) is 17.4 Å². The summed E-state index contributed by atoms with van der Waals surface area (Å²) in [4.78, 5) is 14.9. The Morgan fingerprint density at radius 1 is 1.27 bits per heavy atom. The predicted octanol–water partition coefficient (Wildman–Crippen LogP) is 5.04. The van der Waals surface area contributed by atoms with Crippen molar-refractivity contribution >= 4 is 12.0 Å². The second-order valence-corrected chi connectivity index (χ2v) is 8.47. The van der Waals surface area contributed by atoms with E-state index in [1.807, 2.05) is 35.3 Å². The number of rotatable bonds is 3. The van der Waals surface area contributed by atoms with Crippen molar-refractivity contribution in [3.8, 4) is 0 Å². The molecule has 1 amide bonds. The lowest BCUT2D eigenvalue weighted by Crippen LogP contribution is -2.65. The molecule has 140 valence electrons. The van der Waals surface area contributed by atoms with Gasteiger partial charge in [0.05, 0.1) is 6.10 Å². The van der Waals surface area contributed by atoms with Crippen molar-refractivity contribution in [1.29, 1.82) is 0 Å². The van der Waals surface area contributed by atoms with Crippen LogP contribution in [0.15, 0.2) is 48.6 Å². The Morgan fingerprint density at radius 2 is 1.96 bits per heavy atom. The van der Waals surface area contributed by atoms with Crippen LogP contribution in [0.25, 0.3) is 6.08 Å². The summed E-state index contributed by atoms with van der Waals surface area (Å²) in [5.41, 5.74) is 1.41. The molecule has 0 spiro atoms. The molecule has 1 aliphatic carbocycles. The number of ether oxygens (including phenoxy) is 1. The van der Waals surface area contributed by atoms with Crippen LogP contribution in [0.5, 0.6) is 0 Å². The molecule has 0 N–H and O–H groups in total. The Hall–Kier alpha value is -1.87. The van der Waals surface area contributed by atoms with Gasteiger partial charge in [0, 0.05) is 17.0 Å². The van der Waals surface area contributed by atoms with Gasteiger partial charge >= 0.3 is 0 Å². The number of carbonyl (C=O) groups excluding carboxylic acids is 1. The molecular formula is C23H31NO2. The number of nitrogens with zero attached hydrogens (tertiary/aromatic N) is 1. The second kappa shape index (κ2) is 7.40. The smallest absolute Gasteiger partial charge is 0.251 e. The van der Waals surface area contributed by atoms with Gasteiger partial charge in [-0.3, -0.25) is 4.79 Å². The van der Waals surface area contributed by atoms with Crippen LogP contribution in [0.3, 0.4) is 0 Å². The summed E-state index contributed by atoms with van der Waals surface area (Å²) in [5.74, 6) is 1.02. The zero-order valence-corrected chi connectivity index (χ0v) is 16.4. The second-order valence-electron chi connectivity index (χ2n) is 8.47. The molecule has 0 radical (unpaired) electrons. The fourth-order valence-electron chi connectivity index (χ4n) is 4.51. The van der Waals surface area contributed by atoms with Crippen LogP contribution in [0, 0.1) is 11.8 Å². The Morgan fingerprint density at radius 3 is 2.62 bits per heavy atom. The van der Waals surface area contributed by atoms with E-state index < -0.39 is 0 Å². The van der Waals surface area contributed by atoms with E-state index in [2.05, 4.69) is 39.5 Å². The van der Waals surface area contributed by atoms with Crippen LogP contribution in [0.1, 0.15) is 52.5 Å². The molecule has 2 fully saturated rings. The molecule has 1 saturated heterocycles. The van der Waals surface area contributed by atoms with Gasteiger partial charge in [0.25, 0.3) is 5.91 Å². The standard InChI is InChI=1S/C23H31NO2/c1-16(2)22(25)24-21(14-12-18-9-7-6-8-10-18)26-20-15-17(3)11-13-19(20)23(24,4)5/h6-10,12,14,17,19-21H,1,11,13,15H2,2-5H3/b14-12+. The number of hydrogen-bond acceptors (Lipinski definition) is 2. The molecule has 4 atom stereocenters. The van der Waals surface area contributed by atoms with Gasteiger partial charge in [0.15, 0.2) is 6.23 Å². The average molecular weight is 354 g/mol. The van der Waals surface area contributed by atoms with Gasteiger partial charge in [-0.25, -0.2) is 0 Å². The monoisotopic (exact) mass is 353 g/mol. The van der Waals surface area contributed by atoms with Gasteiger partial charge in [0.2, 0.25) is 0 Å². The van der Waals surface area contributed by atoms with E-state index in [-0.39, 0.29) is 23.8 Å². The molecule has 1 saturated carbocycles.